The van der Waals surface area contributed by atoms with Gasteiger partial charge in [-0.1, -0.05) is 119 Å². The van der Waals surface area contributed by atoms with Gasteiger partial charge in [-0.05, 0) is 100 Å². The van der Waals surface area contributed by atoms with Gasteiger partial charge in [0.1, 0.15) is 17.6 Å². The van der Waals surface area contributed by atoms with Gasteiger partial charge >= 0.3 is 5.97 Å². The number of allylic oxidation sites excluding steroid dienone is 1. The number of sulfonamides is 1. The van der Waals surface area contributed by atoms with Gasteiger partial charge in [-0.2, -0.15) is 4.31 Å². The molecule has 310 valence electrons. The van der Waals surface area contributed by atoms with E-state index in [0.717, 1.165) is 41.0 Å². The fraction of sp³-hybridized carbons (Fsp3) is 0.438. The molecule has 0 N–H and O–H groups in total. The van der Waals surface area contributed by atoms with E-state index in [4.69, 9.17) is 18.6 Å². The van der Waals surface area contributed by atoms with Crippen molar-refractivity contribution < 1.29 is 31.8 Å². The lowest BCUT2D eigenvalue weighted by atomic mass is 9.65. The van der Waals surface area contributed by atoms with Crippen LogP contribution in [0.25, 0.3) is 0 Å². The summed E-state index contributed by atoms with van der Waals surface area (Å²) in [7, 11) is -3.26. The monoisotopic (exact) mass is 823 g/mol. The molecule has 1 fully saturated rings. The molecule has 10 heteroatoms. The maximum absolute atomic E-state index is 14.5. The standard InChI is InChI=1S/C48H61NO7SSi/c1-34(35(2)57(51,52)49(31-37-19-24-42(53-7)25-20-37)32-38-21-26-43(54-8)27-22-38)40-29-41(30-40)47(56-36(3)50)46-28-23-39(46)33-55-58(48(4,5)6,44-15-11-9-12-16-44)45-17-13-10-14-18-45/h9-22,24-27,29,34-35,39-40,46-47H,23,28,30-33H2,1-8H3/t34-,35-,39+,40+,46-,47?/m1/s1. The summed E-state index contributed by atoms with van der Waals surface area (Å²) in [5.41, 5.74) is 2.84. The fourth-order valence-corrected chi connectivity index (χ4v) is 15.3. The zero-order valence-electron chi connectivity index (χ0n) is 35.4. The predicted molar refractivity (Wildman–Crippen MR) is 234 cm³/mol. The van der Waals surface area contributed by atoms with Crippen LogP contribution in [0, 0.1) is 23.7 Å². The fourth-order valence-electron chi connectivity index (χ4n) is 8.83. The average molecular weight is 824 g/mol. The molecule has 4 aromatic carbocycles. The largest absolute Gasteiger partial charge is 0.497 e. The molecule has 6 atom stereocenters. The summed E-state index contributed by atoms with van der Waals surface area (Å²) in [4.78, 5) is 12.6. The van der Waals surface area contributed by atoms with Gasteiger partial charge in [0.05, 0.1) is 19.5 Å². The predicted octanol–water partition coefficient (Wildman–Crippen LogP) is 8.54. The molecular formula is C48H61NO7SSi. The van der Waals surface area contributed by atoms with Crippen molar-refractivity contribution in [3.8, 4) is 11.5 Å². The number of hydrogen-bond acceptors (Lipinski definition) is 7. The zero-order chi connectivity index (χ0) is 41.7. The number of methoxy groups -OCH3 is 2. The second-order valence-electron chi connectivity index (χ2n) is 17.2. The second-order valence-corrected chi connectivity index (χ2v) is 23.8. The number of esters is 1. The Kier molecular flexibility index (Phi) is 13.7. The van der Waals surface area contributed by atoms with E-state index in [-0.39, 0.29) is 53.9 Å². The maximum Gasteiger partial charge on any atom is 0.303 e. The Labute approximate surface area is 347 Å². The molecule has 0 amide bonds. The van der Waals surface area contributed by atoms with E-state index in [1.54, 1.807) is 18.5 Å². The van der Waals surface area contributed by atoms with Crippen LogP contribution in [0.4, 0.5) is 0 Å². The molecule has 0 saturated heterocycles. The first-order valence-electron chi connectivity index (χ1n) is 20.6. The Morgan fingerprint density at radius 2 is 1.26 bits per heavy atom. The highest BCUT2D eigenvalue weighted by Gasteiger charge is 2.52. The van der Waals surface area contributed by atoms with Gasteiger partial charge in [0.25, 0.3) is 8.32 Å². The molecule has 4 aromatic rings. The Morgan fingerprint density at radius 3 is 1.66 bits per heavy atom. The van der Waals surface area contributed by atoms with Crippen LogP contribution in [0.2, 0.25) is 5.04 Å². The molecule has 6 rings (SSSR count). The Morgan fingerprint density at radius 1 is 0.776 bits per heavy atom. The van der Waals surface area contributed by atoms with Crippen molar-refractivity contribution in [2.45, 2.75) is 90.3 Å². The van der Waals surface area contributed by atoms with Crippen molar-refractivity contribution >= 4 is 34.7 Å². The molecular weight excluding hydrogens is 763 g/mol. The van der Waals surface area contributed by atoms with Gasteiger partial charge in [-0.3, -0.25) is 4.79 Å². The SMILES string of the molecule is COc1ccc(CN(Cc2ccc(OC)cc2)S(=O)(=O)[C@H](C)[C@@H](C)[C@H]2C=C(C(OC(C)=O)[C@@H]3CC[C@H]3CO[Si](c3ccccc3)(c3ccccc3)C(C)(C)C)C2)cc1. The first-order chi connectivity index (χ1) is 27.7. The first-order valence-corrected chi connectivity index (χ1v) is 24.0. The highest BCUT2D eigenvalue weighted by atomic mass is 32.2. The van der Waals surface area contributed by atoms with E-state index in [2.05, 4.69) is 87.5 Å². The average Bonchev–Trinajstić information content (AvgIpc) is 3.18. The Balaban J connectivity index is 1.19. The number of carbonyl (C=O) groups is 1. The number of nitrogens with zero attached hydrogens (tertiary/aromatic N) is 1. The summed E-state index contributed by atoms with van der Waals surface area (Å²) in [6.45, 7) is 13.3. The van der Waals surface area contributed by atoms with Crippen molar-refractivity contribution in [1.29, 1.82) is 0 Å². The van der Waals surface area contributed by atoms with Gasteiger partial charge in [0, 0.05) is 32.5 Å². The molecule has 1 saturated carbocycles. The number of benzene rings is 4. The normalized spacial score (nSPS) is 19.9. The molecule has 0 aliphatic heterocycles. The first kappa shape index (κ1) is 43.4. The third-order valence-electron chi connectivity index (χ3n) is 12.6. The van der Waals surface area contributed by atoms with Crippen molar-refractivity contribution in [2.75, 3.05) is 20.8 Å². The molecule has 0 spiro atoms. The minimum atomic E-state index is -3.76. The van der Waals surface area contributed by atoms with Gasteiger partial charge in [-0.25, -0.2) is 8.42 Å². The molecule has 8 nitrogen and oxygen atoms in total. The van der Waals surface area contributed by atoms with Crippen molar-refractivity contribution in [1.82, 2.24) is 4.31 Å². The lowest BCUT2D eigenvalue weighted by molar-refractivity contribution is -0.151. The summed E-state index contributed by atoms with van der Waals surface area (Å²) in [6.07, 6.45) is 4.47. The molecule has 0 bridgehead atoms. The van der Waals surface area contributed by atoms with Crippen LogP contribution in [-0.4, -0.2) is 59.2 Å². The molecule has 2 aliphatic carbocycles. The van der Waals surface area contributed by atoms with Crippen molar-refractivity contribution in [3.05, 3.63) is 132 Å². The topological polar surface area (TPSA) is 91.4 Å². The summed E-state index contributed by atoms with van der Waals surface area (Å²) in [5.74, 6) is 1.36. The van der Waals surface area contributed by atoms with E-state index >= 15 is 0 Å². The van der Waals surface area contributed by atoms with E-state index in [1.165, 1.54) is 17.3 Å². The van der Waals surface area contributed by atoms with Crippen LogP contribution >= 0.6 is 0 Å². The number of rotatable bonds is 18. The molecule has 1 unspecified atom stereocenters. The Bertz CT molecular complexity index is 2010. The van der Waals surface area contributed by atoms with Crippen LogP contribution in [0.15, 0.2) is 121 Å². The lowest BCUT2D eigenvalue weighted by Gasteiger charge is -2.48. The lowest BCUT2D eigenvalue weighted by Crippen LogP contribution is -2.67. The quantitative estimate of drug-likeness (QED) is 0.0565. The number of hydrogen-bond donors (Lipinski definition) is 0. The maximum atomic E-state index is 14.5. The van der Waals surface area contributed by atoms with E-state index in [9.17, 15) is 13.2 Å². The summed E-state index contributed by atoms with van der Waals surface area (Å²) < 4.78 is 54.8. The highest BCUT2D eigenvalue weighted by molar-refractivity contribution is 7.89. The van der Waals surface area contributed by atoms with Crippen LogP contribution < -0.4 is 19.8 Å². The molecule has 0 aromatic heterocycles. The van der Waals surface area contributed by atoms with Crippen molar-refractivity contribution in [3.63, 3.8) is 0 Å². The molecule has 2 aliphatic rings. The van der Waals surface area contributed by atoms with E-state index in [1.807, 2.05) is 62.4 Å². The second kappa shape index (κ2) is 18.4. The molecule has 0 heterocycles. The third-order valence-corrected chi connectivity index (χ3v) is 20.0. The van der Waals surface area contributed by atoms with Gasteiger partial charge in [0.15, 0.2) is 0 Å². The van der Waals surface area contributed by atoms with E-state index in [0.29, 0.717) is 13.0 Å². The van der Waals surface area contributed by atoms with Gasteiger partial charge in [0.2, 0.25) is 10.0 Å². The summed E-state index contributed by atoms with van der Waals surface area (Å²) in [5, 5.41) is 1.70. The summed E-state index contributed by atoms with van der Waals surface area (Å²) >= 11 is 0. The van der Waals surface area contributed by atoms with Crippen LogP contribution in [-0.2, 0) is 37.1 Å². The van der Waals surface area contributed by atoms with Crippen LogP contribution in [0.1, 0.15) is 71.9 Å². The number of carbonyl (C=O) groups excluding carboxylic acids is 1. The zero-order valence-corrected chi connectivity index (χ0v) is 37.2. The molecule has 0 radical (unpaired) electrons. The van der Waals surface area contributed by atoms with Gasteiger partial charge in [-0.15, -0.1) is 0 Å². The minimum Gasteiger partial charge on any atom is -0.497 e. The van der Waals surface area contributed by atoms with Crippen LogP contribution in [0.3, 0.4) is 0 Å². The number of ether oxygens (including phenoxy) is 3. The van der Waals surface area contributed by atoms with Crippen LogP contribution in [0.5, 0.6) is 11.5 Å². The highest BCUT2D eigenvalue weighted by Crippen LogP contribution is 2.48. The minimum absolute atomic E-state index is 0.0357. The van der Waals surface area contributed by atoms with Crippen molar-refractivity contribution in [2.24, 2.45) is 23.7 Å². The van der Waals surface area contributed by atoms with Gasteiger partial charge < -0.3 is 18.6 Å². The Hall–Kier alpha value is -4.22. The van der Waals surface area contributed by atoms with E-state index < -0.39 is 23.6 Å². The summed E-state index contributed by atoms with van der Waals surface area (Å²) in [6, 6.07) is 36.4. The smallest absolute Gasteiger partial charge is 0.303 e. The molecule has 58 heavy (non-hydrogen) atoms. The third kappa shape index (κ3) is 9.31.